The number of hydrogen-bond donors (Lipinski definition) is 0. The van der Waals surface area contributed by atoms with Crippen molar-refractivity contribution < 1.29 is 4.74 Å². The van der Waals surface area contributed by atoms with Crippen LogP contribution in [-0.2, 0) is 11.2 Å². The van der Waals surface area contributed by atoms with Gasteiger partial charge in [-0.3, -0.25) is 4.98 Å². The molecule has 2 heterocycles. The lowest BCUT2D eigenvalue weighted by molar-refractivity contribution is -0.00403. The van der Waals surface area contributed by atoms with Crippen LogP contribution in [0.4, 0.5) is 0 Å². The highest BCUT2D eigenvalue weighted by atomic mass is 35.5. The monoisotopic (exact) mass is 329 g/mol. The first-order valence-corrected chi connectivity index (χ1v) is 8.59. The van der Waals surface area contributed by atoms with E-state index in [4.69, 9.17) is 27.9 Å². The molecule has 0 saturated carbocycles. The van der Waals surface area contributed by atoms with Crippen LogP contribution in [0.5, 0.6) is 0 Å². The van der Waals surface area contributed by atoms with Gasteiger partial charge in [-0.1, -0.05) is 37.0 Å². The summed E-state index contributed by atoms with van der Waals surface area (Å²) < 4.78 is 5.91. The number of hydrogen-bond acceptors (Lipinski definition) is 2. The molecule has 118 valence electrons. The Labute approximate surface area is 138 Å². The van der Waals surface area contributed by atoms with Crippen molar-refractivity contribution >= 4 is 23.2 Å². The second-order valence-corrected chi connectivity index (χ2v) is 7.50. The van der Waals surface area contributed by atoms with Crippen LogP contribution in [0.15, 0.2) is 12.4 Å². The molecule has 1 aliphatic heterocycles. The molecule has 0 radical (unpaired) electrons. The zero-order valence-corrected chi connectivity index (χ0v) is 14.7. The van der Waals surface area contributed by atoms with Crippen molar-refractivity contribution in [2.45, 2.75) is 58.5 Å². The molecule has 0 bridgehead atoms. The summed E-state index contributed by atoms with van der Waals surface area (Å²) in [7, 11) is 0. The molecule has 3 unspecified atom stereocenters. The topological polar surface area (TPSA) is 22.1 Å². The minimum atomic E-state index is 0.0830. The smallest absolute Gasteiger partial charge is 0.0658 e. The fraction of sp³-hybridized carbons (Fsp3) is 0.706. The molecule has 1 saturated heterocycles. The average Bonchev–Trinajstić information content (AvgIpc) is 2.84. The van der Waals surface area contributed by atoms with Gasteiger partial charge in [-0.15, -0.1) is 0 Å². The van der Waals surface area contributed by atoms with Crippen molar-refractivity contribution in [2.24, 2.45) is 11.8 Å². The summed E-state index contributed by atoms with van der Waals surface area (Å²) in [5.41, 5.74) is 1.11. The molecule has 0 amide bonds. The largest absolute Gasteiger partial charge is 0.375 e. The number of aromatic nitrogens is 1. The minimum absolute atomic E-state index is 0.0830. The molecule has 1 aromatic rings. The zero-order chi connectivity index (χ0) is 15.5. The molecule has 21 heavy (non-hydrogen) atoms. The van der Waals surface area contributed by atoms with Crippen molar-refractivity contribution in [3.8, 4) is 0 Å². The number of halogens is 2. The van der Waals surface area contributed by atoms with E-state index in [1.54, 1.807) is 12.4 Å². The number of rotatable bonds is 6. The maximum Gasteiger partial charge on any atom is 0.0658 e. The van der Waals surface area contributed by atoms with E-state index in [2.05, 4.69) is 25.8 Å². The zero-order valence-electron chi connectivity index (χ0n) is 13.2. The first-order valence-electron chi connectivity index (χ1n) is 7.83. The van der Waals surface area contributed by atoms with Gasteiger partial charge in [0.2, 0.25) is 0 Å². The normalized spacial score (nSPS) is 25.0. The van der Waals surface area contributed by atoms with E-state index < -0.39 is 0 Å². The lowest BCUT2D eigenvalue weighted by Gasteiger charge is -2.30. The van der Waals surface area contributed by atoms with Gasteiger partial charge in [0.15, 0.2) is 0 Å². The van der Waals surface area contributed by atoms with Gasteiger partial charge in [-0.05, 0) is 56.4 Å². The fourth-order valence-electron chi connectivity index (χ4n) is 3.21. The summed E-state index contributed by atoms with van der Waals surface area (Å²) in [6.07, 6.45) is 8.84. The predicted octanol–water partition coefficient (Wildman–Crippen LogP) is 5.55. The second-order valence-electron chi connectivity index (χ2n) is 6.68. The SMILES string of the molecule is CC(CCc1c(Cl)cncc1Cl)C(C)CC1(C)CCCO1. The van der Waals surface area contributed by atoms with Crippen molar-refractivity contribution in [3.05, 3.63) is 28.0 Å². The Morgan fingerprint density at radius 1 is 1.24 bits per heavy atom. The highest BCUT2D eigenvalue weighted by Gasteiger charge is 2.32. The first kappa shape index (κ1) is 17.1. The standard InChI is InChI=1S/C17H25Cl2NO/c1-12(13(2)9-17(3)7-4-8-21-17)5-6-14-15(18)10-20-11-16(14)19/h10-13H,4-9H2,1-3H3. The molecule has 2 nitrogen and oxygen atoms in total. The number of nitrogens with zero attached hydrogens (tertiary/aromatic N) is 1. The van der Waals surface area contributed by atoms with Crippen LogP contribution in [0, 0.1) is 11.8 Å². The van der Waals surface area contributed by atoms with Gasteiger partial charge >= 0.3 is 0 Å². The van der Waals surface area contributed by atoms with E-state index in [-0.39, 0.29) is 5.60 Å². The Balaban J connectivity index is 1.87. The second kappa shape index (κ2) is 7.30. The summed E-state index contributed by atoms with van der Waals surface area (Å²) >= 11 is 12.4. The summed E-state index contributed by atoms with van der Waals surface area (Å²) in [6.45, 7) is 7.80. The third-order valence-corrected chi connectivity index (χ3v) is 5.48. The third kappa shape index (κ3) is 4.58. The van der Waals surface area contributed by atoms with Crippen LogP contribution in [0.3, 0.4) is 0 Å². The Kier molecular flexibility index (Phi) is 5.93. The lowest BCUT2D eigenvalue weighted by atomic mass is 9.81. The molecule has 0 spiro atoms. The molecule has 4 heteroatoms. The molecule has 0 N–H and O–H groups in total. The van der Waals surface area contributed by atoms with Gasteiger partial charge in [0.05, 0.1) is 15.6 Å². The summed E-state index contributed by atoms with van der Waals surface area (Å²) in [4.78, 5) is 4.00. The summed E-state index contributed by atoms with van der Waals surface area (Å²) in [6, 6.07) is 0. The lowest BCUT2D eigenvalue weighted by Crippen LogP contribution is -2.28. The molecular formula is C17H25Cl2NO. The molecule has 3 atom stereocenters. The van der Waals surface area contributed by atoms with Gasteiger partial charge in [-0.2, -0.15) is 0 Å². The molecule has 0 aliphatic carbocycles. The van der Waals surface area contributed by atoms with Crippen molar-refractivity contribution in [1.29, 1.82) is 0 Å². The van der Waals surface area contributed by atoms with Crippen LogP contribution in [0.2, 0.25) is 10.0 Å². The third-order valence-electron chi connectivity index (χ3n) is 4.83. The van der Waals surface area contributed by atoms with E-state index in [1.807, 2.05) is 0 Å². The van der Waals surface area contributed by atoms with E-state index in [0.717, 1.165) is 31.4 Å². The van der Waals surface area contributed by atoms with Crippen molar-refractivity contribution in [1.82, 2.24) is 4.98 Å². The van der Waals surface area contributed by atoms with Crippen molar-refractivity contribution in [2.75, 3.05) is 6.61 Å². The van der Waals surface area contributed by atoms with E-state index in [9.17, 15) is 0 Å². The van der Waals surface area contributed by atoms with Gasteiger partial charge < -0.3 is 4.74 Å². The quantitative estimate of drug-likeness (QED) is 0.682. The van der Waals surface area contributed by atoms with Crippen LogP contribution >= 0.6 is 23.2 Å². The fourth-order valence-corrected chi connectivity index (χ4v) is 3.77. The van der Waals surface area contributed by atoms with Gasteiger partial charge in [0.1, 0.15) is 0 Å². The van der Waals surface area contributed by atoms with E-state index in [0.29, 0.717) is 21.9 Å². The Bertz CT molecular complexity index is 452. The minimum Gasteiger partial charge on any atom is -0.375 e. The van der Waals surface area contributed by atoms with Crippen LogP contribution in [0.25, 0.3) is 0 Å². The Morgan fingerprint density at radius 3 is 2.48 bits per heavy atom. The van der Waals surface area contributed by atoms with Crippen LogP contribution in [-0.4, -0.2) is 17.2 Å². The summed E-state index contributed by atoms with van der Waals surface area (Å²) in [5, 5.41) is 1.35. The highest BCUT2D eigenvalue weighted by Crippen LogP contribution is 2.35. The average molecular weight is 330 g/mol. The number of pyridine rings is 1. The Morgan fingerprint density at radius 2 is 1.90 bits per heavy atom. The molecule has 1 fully saturated rings. The molecule has 0 aromatic carbocycles. The van der Waals surface area contributed by atoms with Gasteiger partial charge in [-0.25, -0.2) is 0 Å². The molecule has 2 rings (SSSR count). The van der Waals surface area contributed by atoms with Crippen LogP contribution in [0.1, 0.15) is 52.0 Å². The Hall–Kier alpha value is -0.310. The van der Waals surface area contributed by atoms with Crippen LogP contribution < -0.4 is 0 Å². The maximum atomic E-state index is 6.19. The number of ether oxygens (including phenoxy) is 1. The predicted molar refractivity (Wildman–Crippen MR) is 89.1 cm³/mol. The van der Waals surface area contributed by atoms with E-state index in [1.165, 1.54) is 12.8 Å². The van der Waals surface area contributed by atoms with Crippen molar-refractivity contribution in [3.63, 3.8) is 0 Å². The van der Waals surface area contributed by atoms with Gasteiger partial charge in [0.25, 0.3) is 0 Å². The van der Waals surface area contributed by atoms with E-state index >= 15 is 0 Å². The highest BCUT2D eigenvalue weighted by molar-refractivity contribution is 6.35. The summed E-state index contributed by atoms with van der Waals surface area (Å²) in [5.74, 6) is 1.25. The molecule has 1 aliphatic rings. The first-order chi connectivity index (χ1) is 9.91. The maximum absolute atomic E-state index is 6.19. The molecular weight excluding hydrogens is 305 g/mol. The molecule has 1 aromatic heterocycles. The van der Waals surface area contributed by atoms with Gasteiger partial charge in [0, 0.05) is 19.0 Å².